The molecule has 0 aliphatic rings. The lowest BCUT2D eigenvalue weighted by Gasteiger charge is -2.16. The molecule has 0 aliphatic carbocycles. The molecule has 0 aliphatic heterocycles. The number of hydrogen-bond acceptors (Lipinski definition) is 5. The fraction of sp³-hybridized carbons (Fsp3) is 0. The summed E-state index contributed by atoms with van der Waals surface area (Å²) in [5.41, 5.74) is 11.1. The van der Waals surface area contributed by atoms with Gasteiger partial charge in [0.05, 0.1) is 22.3 Å². The standard InChI is InChI=1S/C59H34N4O2/c1-2-13-35(14-3-1)36-19-12-20-41(29-36)57-60-58(42-25-27-53-47(32-42)43-21-8-10-23-51(43)64-53)62-59(61-57)56-48(26-28-54-55(56)44-22-9-11-24-52(44)65-54)63-49-33-39-17-6-4-15-37(39)30-45(49)46-31-38-16-5-7-18-40(38)34-50(46)63/h1-34H. The largest absolute Gasteiger partial charge is 0.456 e. The quantitative estimate of drug-likeness (QED) is 0.173. The Morgan fingerprint density at radius 2 is 0.815 bits per heavy atom. The van der Waals surface area contributed by atoms with Gasteiger partial charge in [0.25, 0.3) is 0 Å². The van der Waals surface area contributed by atoms with Crippen LogP contribution in [0.25, 0.3) is 138 Å². The summed E-state index contributed by atoms with van der Waals surface area (Å²) in [4.78, 5) is 16.3. The molecular weight excluding hydrogens is 797 g/mol. The maximum atomic E-state index is 6.66. The van der Waals surface area contributed by atoms with Crippen molar-refractivity contribution in [3.8, 4) is 51.0 Å². The van der Waals surface area contributed by atoms with Crippen LogP contribution >= 0.6 is 0 Å². The van der Waals surface area contributed by atoms with Gasteiger partial charge in [0.15, 0.2) is 17.5 Å². The van der Waals surface area contributed by atoms with E-state index < -0.39 is 0 Å². The lowest BCUT2D eigenvalue weighted by atomic mass is 10.0. The highest BCUT2D eigenvalue weighted by molar-refractivity contribution is 6.19. The second kappa shape index (κ2) is 13.8. The first kappa shape index (κ1) is 35.7. The van der Waals surface area contributed by atoms with Crippen LogP contribution in [-0.2, 0) is 0 Å². The van der Waals surface area contributed by atoms with Gasteiger partial charge in [-0.25, -0.2) is 15.0 Å². The number of furan rings is 2. The van der Waals surface area contributed by atoms with Crippen molar-refractivity contribution in [2.24, 2.45) is 0 Å². The third-order valence-corrected chi connectivity index (χ3v) is 13.0. The predicted octanol–water partition coefficient (Wildman–Crippen LogP) is 15.7. The Hall–Kier alpha value is -8.87. The van der Waals surface area contributed by atoms with Crippen molar-refractivity contribution in [3.63, 3.8) is 0 Å². The third kappa shape index (κ3) is 5.57. The zero-order chi connectivity index (χ0) is 42.6. The van der Waals surface area contributed by atoms with Gasteiger partial charge in [-0.15, -0.1) is 0 Å². The van der Waals surface area contributed by atoms with Gasteiger partial charge in [-0.3, -0.25) is 0 Å². The number of benzene rings is 10. The summed E-state index contributed by atoms with van der Waals surface area (Å²) in [5, 5.41) is 11.0. The highest BCUT2D eigenvalue weighted by Crippen LogP contribution is 2.45. The Morgan fingerprint density at radius 1 is 0.308 bits per heavy atom. The van der Waals surface area contributed by atoms with E-state index in [9.17, 15) is 0 Å². The van der Waals surface area contributed by atoms with E-state index in [1.807, 2.05) is 48.5 Å². The van der Waals surface area contributed by atoms with Crippen LogP contribution in [0.4, 0.5) is 0 Å². The van der Waals surface area contributed by atoms with Crippen molar-refractivity contribution in [1.82, 2.24) is 19.5 Å². The van der Waals surface area contributed by atoms with E-state index in [0.717, 1.165) is 99.2 Å². The molecule has 6 heteroatoms. The van der Waals surface area contributed by atoms with Gasteiger partial charge in [-0.2, -0.15) is 0 Å². The van der Waals surface area contributed by atoms with Crippen LogP contribution in [0.15, 0.2) is 215 Å². The van der Waals surface area contributed by atoms with Gasteiger partial charge >= 0.3 is 0 Å². The summed E-state index contributed by atoms with van der Waals surface area (Å²) in [5.74, 6) is 1.66. The topological polar surface area (TPSA) is 69.9 Å². The van der Waals surface area contributed by atoms with Gasteiger partial charge in [-0.1, -0.05) is 133 Å². The first-order valence-corrected chi connectivity index (χ1v) is 21.8. The van der Waals surface area contributed by atoms with Crippen LogP contribution in [0.2, 0.25) is 0 Å². The molecule has 0 unspecified atom stereocenters. The SMILES string of the molecule is c1ccc(-c2cccc(-c3nc(-c4ccc5oc6ccccc6c5c4)nc(-c4c(-n5c6cc7ccccc7cc6c6cc7ccccc7cc65)ccc5oc6ccccc6c45)n3)c2)cc1. The second-order valence-electron chi connectivity index (χ2n) is 16.8. The normalized spacial score (nSPS) is 12.0. The molecule has 0 saturated heterocycles. The van der Waals surface area contributed by atoms with E-state index in [1.54, 1.807) is 0 Å². The van der Waals surface area contributed by atoms with Crippen molar-refractivity contribution in [2.75, 3.05) is 0 Å². The molecule has 0 N–H and O–H groups in total. The molecule has 0 bridgehead atoms. The number of fused-ring (bicyclic) bond motifs is 11. The highest BCUT2D eigenvalue weighted by Gasteiger charge is 2.25. The van der Waals surface area contributed by atoms with Gasteiger partial charge in [0.1, 0.15) is 22.3 Å². The fourth-order valence-electron chi connectivity index (χ4n) is 9.95. The molecule has 4 heterocycles. The Labute approximate surface area is 371 Å². The van der Waals surface area contributed by atoms with Crippen molar-refractivity contribution in [2.45, 2.75) is 0 Å². The molecule has 0 spiro atoms. The number of nitrogens with zero attached hydrogens (tertiary/aromatic N) is 4. The Bertz CT molecular complexity index is 4160. The van der Waals surface area contributed by atoms with Crippen LogP contribution in [0.3, 0.4) is 0 Å². The molecule has 0 radical (unpaired) electrons. The molecule has 14 rings (SSSR count). The monoisotopic (exact) mass is 830 g/mol. The van der Waals surface area contributed by atoms with Crippen LogP contribution in [0.1, 0.15) is 0 Å². The van der Waals surface area contributed by atoms with E-state index in [-0.39, 0.29) is 0 Å². The summed E-state index contributed by atoms with van der Waals surface area (Å²) in [7, 11) is 0. The maximum absolute atomic E-state index is 6.66. The number of para-hydroxylation sites is 2. The predicted molar refractivity (Wildman–Crippen MR) is 265 cm³/mol. The average Bonchev–Trinajstić information content (AvgIpc) is 4.03. The Morgan fingerprint density at radius 3 is 1.52 bits per heavy atom. The van der Waals surface area contributed by atoms with E-state index in [2.05, 4.69) is 162 Å². The molecule has 65 heavy (non-hydrogen) atoms. The molecule has 14 aromatic rings. The molecule has 0 fully saturated rings. The summed E-state index contributed by atoms with van der Waals surface area (Å²) >= 11 is 0. The van der Waals surface area contributed by atoms with E-state index >= 15 is 0 Å². The van der Waals surface area contributed by atoms with Gasteiger partial charge in [-0.05, 0) is 105 Å². The fourth-order valence-corrected chi connectivity index (χ4v) is 9.95. The number of rotatable bonds is 5. The molecule has 0 amide bonds. The minimum atomic E-state index is 0.538. The molecular formula is C59H34N4O2. The van der Waals surface area contributed by atoms with Gasteiger partial charge < -0.3 is 13.4 Å². The highest BCUT2D eigenvalue weighted by atomic mass is 16.3. The van der Waals surface area contributed by atoms with E-state index in [4.69, 9.17) is 23.8 Å². The molecule has 4 aromatic heterocycles. The summed E-state index contributed by atoms with van der Waals surface area (Å²) in [6.07, 6.45) is 0. The lowest BCUT2D eigenvalue weighted by molar-refractivity contribution is 0.668. The first-order chi connectivity index (χ1) is 32.2. The minimum absolute atomic E-state index is 0.538. The Kier molecular flexibility index (Phi) is 7.59. The third-order valence-electron chi connectivity index (χ3n) is 13.0. The average molecular weight is 831 g/mol. The van der Waals surface area contributed by atoms with E-state index in [1.165, 1.54) is 21.5 Å². The maximum Gasteiger partial charge on any atom is 0.166 e. The zero-order valence-electron chi connectivity index (χ0n) is 34.7. The minimum Gasteiger partial charge on any atom is -0.456 e. The molecule has 0 atom stereocenters. The molecule has 0 saturated carbocycles. The summed E-state index contributed by atoms with van der Waals surface area (Å²) in [6, 6.07) is 72.2. The smallest absolute Gasteiger partial charge is 0.166 e. The molecule has 10 aromatic carbocycles. The number of hydrogen-bond donors (Lipinski definition) is 0. The zero-order valence-corrected chi connectivity index (χ0v) is 34.7. The van der Waals surface area contributed by atoms with Crippen molar-refractivity contribution in [1.29, 1.82) is 0 Å². The van der Waals surface area contributed by atoms with Crippen LogP contribution in [0.5, 0.6) is 0 Å². The second-order valence-corrected chi connectivity index (χ2v) is 16.8. The van der Waals surface area contributed by atoms with Crippen molar-refractivity contribution < 1.29 is 8.83 Å². The number of aromatic nitrogens is 4. The van der Waals surface area contributed by atoms with Crippen LogP contribution in [-0.4, -0.2) is 19.5 Å². The van der Waals surface area contributed by atoms with E-state index in [0.29, 0.717) is 17.5 Å². The van der Waals surface area contributed by atoms with Crippen LogP contribution < -0.4 is 0 Å². The van der Waals surface area contributed by atoms with Crippen molar-refractivity contribution in [3.05, 3.63) is 206 Å². The summed E-state index contributed by atoms with van der Waals surface area (Å²) < 4.78 is 15.3. The Balaban J connectivity index is 1.12. The molecule has 302 valence electrons. The van der Waals surface area contributed by atoms with Crippen molar-refractivity contribution >= 4 is 87.2 Å². The van der Waals surface area contributed by atoms with Gasteiger partial charge in [0.2, 0.25) is 0 Å². The van der Waals surface area contributed by atoms with Gasteiger partial charge in [0, 0.05) is 43.4 Å². The first-order valence-electron chi connectivity index (χ1n) is 21.8. The van der Waals surface area contributed by atoms with Crippen LogP contribution in [0, 0.1) is 0 Å². The summed E-state index contributed by atoms with van der Waals surface area (Å²) in [6.45, 7) is 0. The molecule has 6 nitrogen and oxygen atoms in total. The lowest BCUT2D eigenvalue weighted by Crippen LogP contribution is -2.04.